The molecule has 0 radical (unpaired) electrons. The van der Waals surface area contributed by atoms with Crippen molar-refractivity contribution in [2.75, 3.05) is 23.7 Å². The van der Waals surface area contributed by atoms with Crippen molar-refractivity contribution in [2.45, 2.75) is 0 Å². The Balaban J connectivity index is 1.47. The van der Waals surface area contributed by atoms with Crippen LogP contribution < -0.4 is 16.0 Å². The van der Waals surface area contributed by atoms with Crippen molar-refractivity contribution in [2.24, 2.45) is 0 Å². The Kier molecular flexibility index (Phi) is 5.43. The average Bonchev–Trinajstić information content (AvgIpc) is 2.67. The molecule has 6 heteroatoms. The smallest absolute Gasteiger partial charge is 0.313 e. The van der Waals surface area contributed by atoms with Gasteiger partial charge in [0.1, 0.15) is 5.82 Å². The van der Waals surface area contributed by atoms with E-state index >= 15 is 0 Å². The Bertz CT molecular complexity index is 920. The summed E-state index contributed by atoms with van der Waals surface area (Å²) in [6.45, 7) is 0.766. The van der Waals surface area contributed by atoms with Gasteiger partial charge in [0.05, 0.1) is 0 Å². The molecule has 0 saturated heterocycles. The minimum Gasteiger partial charge on any atom is -0.383 e. The van der Waals surface area contributed by atoms with E-state index in [1.807, 2.05) is 42.5 Å². The summed E-state index contributed by atoms with van der Waals surface area (Å²) in [6.07, 6.45) is 0. The number of hydrogen-bond acceptors (Lipinski definition) is 3. The number of benzene rings is 3. The average molecular weight is 351 g/mol. The van der Waals surface area contributed by atoms with Crippen LogP contribution in [0.5, 0.6) is 0 Å². The third-order valence-corrected chi connectivity index (χ3v) is 3.82. The van der Waals surface area contributed by atoms with Crippen molar-refractivity contribution in [3.63, 3.8) is 0 Å². The maximum Gasteiger partial charge on any atom is 0.313 e. The van der Waals surface area contributed by atoms with Gasteiger partial charge in [-0.15, -0.1) is 0 Å². The zero-order valence-corrected chi connectivity index (χ0v) is 14.0. The summed E-state index contributed by atoms with van der Waals surface area (Å²) in [6, 6.07) is 19.1. The molecule has 132 valence electrons. The van der Waals surface area contributed by atoms with Gasteiger partial charge < -0.3 is 16.0 Å². The molecule has 0 aliphatic heterocycles. The maximum atomic E-state index is 12.8. The summed E-state index contributed by atoms with van der Waals surface area (Å²) in [5.41, 5.74) is 1.33. The second-order valence-electron chi connectivity index (χ2n) is 5.67. The lowest BCUT2D eigenvalue weighted by Gasteiger charge is -2.10. The van der Waals surface area contributed by atoms with E-state index in [0.717, 1.165) is 16.5 Å². The first-order valence-corrected chi connectivity index (χ1v) is 8.20. The molecule has 0 aliphatic carbocycles. The van der Waals surface area contributed by atoms with E-state index in [9.17, 15) is 14.0 Å². The number of carbonyl (C=O) groups excluding carboxylic acids is 2. The molecule has 0 fully saturated rings. The molecule has 0 atom stereocenters. The van der Waals surface area contributed by atoms with E-state index in [0.29, 0.717) is 18.8 Å². The van der Waals surface area contributed by atoms with Gasteiger partial charge >= 0.3 is 11.8 Å². The molecular weight excluding hydrogens is 333 g/mol. The van der Waals surface area contributed by atoms with Crippen LogP contribution in [-0.2, 0) is 9.59 Å². The van der Waals surface area contributed by atoms with E-state index in [4.69, 9.17) is 0 Å². The van der Waals surface area contributed by atoms with E-state index in [1.165, 1.54) is 24.3 Å². The molecule has 0 unspecified atom stereocenters. The normalized spacial score (nSPS) is 10.3. The first-order valence-electron chi connectivity index (χ1n) is 8.20. The van der Waals surface area contributed by atoms with Gasteiger partial charge in [-0.3, -0.25) is 9.59 Å². The lowest BCUT2D eigenvalue weighted by atomic mass is 10.1. The molecule has 3 rings (SSSR count). The van der Waals surface area contributed by atoms with Crippen LogP contribution in [0.4, 0.5) is 15.8 Å². The highest BCUT2D eigenvalue weighted by Gasteiger charge is 2.12. The molecule has 0 aromatic heterocycles. The predicted octanol–water partition coefficient (Wildman–Crippen LogP) is 3.15. The highest BCUT2D eigenvalue weighted by atomic mass is 19.1. The zero-order chi connectivity index (χ0) is 18.4. The van der Waals surface area contributed by atoms with Gasteiger partial charge in [0.25, 0.3) is 0 Å². The number of rotatable bonds is 5. The Morgan fingerprint density at radius 3 is 2.35 bits per heavy atom. The van der Waals surface area contributed by atoms with Crippen LogP contribution >= 0.6 is 0 Å². The summed E-state index contributed by atoms with van der Waals surface area (Å²) in [5, 5.41) is 10.4. The van der Waals surface area contributed by atoms with Crippen molar-refractivity contribution < 1.29 is 14.0 Å². The van der Waals surface area contributed by atoms with Crippen LogP contribution in [0, 0.1) is 5.82 Å². The first-order chi connectivity index (χ1) is 12.6. The van der Waals surface area contributed by atoms with Gasteiger partial charge in [0.15, 0.2) is 0 Å². The highest BCUT2D eigenvalue weighted by Crippen LogP contribution is 2.22. The highest BCUT2D eigenvalue weighted by molar-refractivity contribution is 6.39. The number of hydrogen-bond donors (Lipinski definition) is 3. The summed E-state index contributed by atoms with van der Waals surface area (Å²) >= 11 is 0. The number of anilines is 2. The van der Waals surface area contributed by atoms with Crippen LogP contribution in [-0.4, -0.2) is 24.9 Å². The minimum absolute atomic E-state index is 0.291. The van der Waals surface area contributed by atoms with Gasteiger partial charge in [-0.1, -0.05) is 36.4 Å². The molecule has 0 saturated carbocycles. The van der Waals surface area contributed by atoms with Crippen LogP contribution in [0.1, 0.15) is 0 Å². The SMILES string of the molecule is O=C(NCCNc1cccc2ccccc12)C(=O)Nc1ccc(F)cc1. The number of carbonyl (C=O) groups is 2. The summed E-state index contributed by atoms with van der Waals surface area (Å²) < 4.78 is 12.8. The van der Waals surface area contributed by atoms with Crippen LogP contribution in [0.2, 0.25) is 0 Å². The minimum atomic E-state index is -0.790. The van der Waals surface area contributed by atoms with Gasteiger partial charge in [0, 0.05) is 29.9 Å². The molecule has 3 aromatic carbocycles. The van der Waals surface area contributed by atoms with Crippen molar-refractivity contribution in [3.8, 4) is 0 Å². The van der Waals surface area contributed by atoms with E-state index in [2.05, 4.69) is 16.0 Å². The lowest BCUT2D eigenvalue weighted by molar-refractivity contribution is -0.136. The van der Waals surface area contributed by atoms with Gasteiger partial charge in [0.2, 0.25) is 0 Å². The van der Waals surface area contributed by atoms with Gasteiger partial charge in [-0.2, -0.15) is 0 Å². The summed E-state index contributed by atoms with van der Waals surface area (Å²) in [4.78, 5) is 23.6. The molecule has 3 aromatic rings. The molecule has 2 amide bonds. The maximum absolute atomic E-state index is 12.8. The molecule has 0 bridgehead atoms. The summed E-state index contributed by atoms with van der Waals surface area (Å²) in [5.74, 6) is -1.94. The molecule has 0 spiro atoms. The van der Waals surface area contributed by atoms with Crippen molar-refractivity contribution >= 4 is 34.0 Å². The molecular formula is C20H18FN3O2. The third kappa shape index (κ3) is 4.36. The third-order valence-electron chi connectivity index (χ3n) is 3.82. The van der Waals surface area contributed by atoms with Crippen LogP contribution in [0.15, 0.2) is 66.7 Å². The Labute approximate surface area is 150 Å². The number of amides is 2. The molecule has 0 aliphatic rings. The quantitative estimate of drug-likeness (QED) is 0.488. The fourth-order valence-electron chi connectivity index (χ4n) is 2.55. The second-order valence-corrected chi connectivity index (χ2v) is 5.67. The summed E-state index contributed by atoms with van der Waals surface area (Å²) in [7, 11) is 0. The first kappa shape index (κ1) is 17.4. The molecule has 3 N–H and O–H groups in total. The largest absolute Gasteiger partial charge is 0.383 e. The monoisotopic (exact) mass is 351 g/mol. The Morgan fingerprint density at radius 2 is 1.54 bits per heavy atom. The fourth-order valence-corrected chi connectivity index (χ4v) is 2.55. The van der Waals surface area contributed by atoms with Gasteiger partial charge in [-0.05, 0) is 35.7 Å². The Morgan fingerprint density at radius 1 is 0.808 bits per heavy atom. The molecule has 0 heterocycles. The molecule has 5 nitrogen and oxygen atoms in total. The number of fused-ring (bicyclic) bond motifs is 1. The van der Waals surface area contributed by atoms with Crippen LogP contribution in [0.25, 0.3) is 10.8 Å². The number of nitrogens with one attached hydrogen (secondary N) is 3. The zero-order valence-electron chi connectivity index (χ0n) is 14.0. The van der Waals surface area contributed by atoms with E-state index in [1.54, 1.807) is 0 Å². The second kappa shape index (κ2) is 8.11. The van der Waals surface area contributed by atoms with Crippen LogP contribution in [0.3, 0.4) is 0 Å². The molecule has 26 heavy (non-hydrogen) atoms. The van der Waals surface area contributed by atoms with Crippen molar-refractivity contribution in [3.05, 3.63) is 72.5 Å². The van der Waals surface area contributed by atoms with Crippen molar-refractivity contribution in [1.82, 2.24) is 5.32 Å². The van der Waals surface area contributed by atoms with Gasteiger partial charge in [-0.25, -0.2) is 4.39 Å². The van der Waals surface area contributed by atoms with E-state index < -0.39 is 17.6 Å². The number of halogens is 1. The predicted molar refractivity (Wildman–Crippen MR) is 100 cm³/mol. The lowest BCUT2D eigenvalue weighted by Crippen LogP contribution is -2.37. The van der Waals surface area contributed by atoms with E-state index in [-0.39, 0.29) is 0 Å². The Hall–Kier alpha value is -3.41. The fraction of sp³-hybridized carbons (Fsp3) is 0.100. The topological polar surface area (TPSA) is 70.2 Å². The van der Waals surface area contributed by atoms with Crippen molar-refractivity contribution in [1.29, 1.82) is 0 Å². The standard InChI is InChI=1S/C20H18FN3O2/c21-15-8-10-16(11-9-15)24-20(26)19(25)23-13-12-22-18-7-3-5-14-4-1-2-6-17(14)18/h1-11,22H,12-13H2,(H,23,25)(H,24,26).